The van der Waals surface area contributed by atoms with Crippen LogP contribution in [0.4, 0.5) is 24.5 Å². The van der Waals surface area contributed by atoms with Crippen molar-refractivity contribution in [2.45, 2.75) is 12.6 Å². The van der Waals surface area contributed by atoms with Gasteiger partial charge < -0.3 is 29.9 Å². The maximum atomic E-state index is 13.5. The number of aliphatic hydroxyl groups is 1. The second kappa shape index (κ2) is 12.9. The van der Waals surface area contributed by atoms with Gasteiger partial charge in [0.1, 0.15) is 19.5 Å². The van der Waals surface area contributed by atoms with E-state index < -0.39 is 19.7 Å². The Hall–Kier alpha value is -2.70. The third-order valence-corrected chi connectivity index (χ3v) is 8.29. The first kappa shape index (κ1) is 29.9. The number of thiophene rings is 1. The van der Waals surface area contributed by atoms with Gasteiger partial charge >= 0.3 is 6.18 Å². The Kier molecular flexibility index (Phi) is 10.1. The molecular formula is C27H33F3N3O3PS. The summed E-state index contributed by atoms with van der Waals surface area (Å²) in [6.45, 7) is 4.79. The van der Waals surface area contributed by atoms with Gasteiger partial charge in [-0.1, -0.05) is 24.0 Å². The van der Waals surface area contributed by atoms with Crippen LogP contribution in [0.15, 0.2) is 36.4 Å². The summed E-state index contributed by atoms with van der Waals surface area (Å²) in [5, 5.41) is 16.8. The molecule has 3 rings (SSSR count). The van der Waals surface area contributed by atoms with Crippen molar-refractivity contribution in [3.05, 3.63) is 46.8 Å². The smallest absolute Gasteiger partial charge is 0.393 e. The average molecular weight is 568 g/mol. The van der Waals surface area contributed by atoms with E-state index >= 15 is 0 Å². The lowest BCUT2D eigenvalue weighted by molar-refractivity contribution is -0.126. The van der Waals surface area contributed by atoms with Crippen molar-refractivity contribution in [2.24, 2.45) is 0 Å². The standard InChI is InChI=1S/C27H33F3N3O3PS/c1-33(2)14-13-32-23-8-5-7-20-21(18-27(28,29)30)25(38-26(20)23)9-6-12-31-22-11-10-19(37(3,4)35)17-24(22)36-16-15-34/h5,7-8,10-11,17,31-32,34H,12-16,18H2,1-4H3. The molecule has 0 bridgehead atoms. The fourth-order valence-electron chi connectivity index (χ4n) is 3.73. The van der Waals surface area contributed by atoms with Crippen LogP contribution in [0.5, 0.6) is 5.75 Å². The zero-order valence-corrected chi connectivity index (χ0v) is 23.6. The van der Waals surface area contributed by atoms with Crippen LogP contribution in [-0.4, -0.2) is 76.5 Å². The predicted octanol–water partition coefficient (Wildman–Crippen LogP) is 5.06. The molecule has 0 unspecified atom stereocenters. The fourth-order valence-corrected chi connectivity index (χ4v) is 5.78. The van der Waals surface area contributed by atoms with E-state index in [4.69, 9.17) is 9.84 Å². The lowest BCUT2D eigenvalue weighted by Gasteiger charge is -2.15. The van der Waals surface area contributed by atoms with Gasteiger partial charge in [-0.05, 0) is 62.6 Å². The molecule has 3 N–H and O–H groups in total. The molecule has 2 aromatic carbocycles. The van der Waals surface area contributed by atoms with Gasteiger partial charge in [-0.25, -0.2) is 0 Å². The summed E-state index contributed by atoms with van der Waals surface area (Å²) >= 11 is 1.25. The van der Waals surface area contributed by atoms with E-state index in [0.717, 1.165) is 16.9 Å². The van der Waals surface area contributed by atoms with E-state index in [2.05, 4.69) is 22.5 Å². The number of hydrogen-bond acceptors (Lipinski definition) is 7. The normalized spacial score (nSPS) is 11.9. The summed E-state index contributed by atoms with van der Waals surface area (Å²) < 4.78 is 59.2. The van der Waals surface area contributed by atoms with Crippen LogP contribution >= 0.6 is 18.5 Å². The number of anilines is 2. The predicted molar refractivity (Wildman–Crippen MR) is 152 cm³/mol. The van der Waals surface area contributed by atoms with Gasteiger partial charge in [-0.3, -0.25) is 0 Å². The van der Waals surface area contributed by atoms with Gasteiger partial charge in [0.2, 0.25) is 0 Å². The Morgan fingerprint density at radius 2 is 1.89 bits per heavy atom. The molecule has 0 atom stereocenters. The number of ether oxygens (including phenoxy) is 1. The minimum Gasteiger partial charge on any atom is -0.489 e. The molecule has 0 saturated heterocycles. The number of rotatable bonds is 11. The summed E-state index contributed by atoms with van der Waals surface area (Å²) in [4.78, 5) is 2.41. The number of aliphatic hydroxyl groups excluding tert-OH is 1. The largest absolute Gasteiger partial charge is 0.489 e. The Balaban J connectivity index is 1.87. The molecule has 0 aliphatic carbocycles. The first-order valence-electron chi connectivity index (χ1n) is 12.0. The third kappa shape index (κ3) is 8.40. The van der Waals surface area contributed by atoms with E-state index in [9.17, 15) is 17.7 Å². The number of nitrogens with one attached hydrogen (secondary N) is 2. The lowest BCUT2D eigenvalue weighted by Crippen LogP contribution is -2.20. The molecule has 38 heavy (non-hydrogen) atoms. The van der Waals surface area contributed by atoms with E-state index in [1.807, 2.05) is 25.1 Å². The van der Waals surface area contributed by atoms with Gasteiger partial charge in [0.15, 0.2) is 0 Å². The number of nitrogens with zero attached hydrogens (tertiary/aromatic N) is 1. The number of halogens is 3. The van der Waals surface area contributed by atoms with Crippen molar-refractivity contribution in [3.8, 4) is 17.6 Å². The van der Waals surface area contributed by atoms with Gasteiger partial charge in [0.05, 0.1) is 40.5 Å². The van der Waals surface area contributed by atoms with Crippen LogP contribution in [0.2, 0.25) is 0 Å². The lowest BCUT2D eigenvalue weighted by atomic mass is 10.1. The molecular weight excluding hydrogens is 534 g/mol. The maximum Gasteiger partial charge on any atom is 0.393 e. The summed E-state index contributed by atoms with van der Waals surface area (Å²) in [6.07, 6.45) is -5.42. The van der Waals surface area contributed by atoms with Crippen molar-refractivity contribution >= 4 is 45.2 Å². The highest BCUT2D eigenvalue weighted by Gasteiger charge is 2.31. The zero-order valence-electron chi connectivity index (χ0n) is 21.9. The van der Waals surface area contributed by atoms with Crippen LogP contribution in [0.3, 0.4) is 0 Å². The van der Waals surface area contributed by atoms with Crippen LogP contribution in [0.1, 0.15) is 10.4 Å². The van der Waals surface area contributed by atoms with E-state index in [1.54, 1.807) is 43.7 Å². The minimum atomic E-state index is -4.37. The summed E-state index contributed by atoms with van der Waals surface area (Å²) in [5.74, 6) is 6.30. The Morgan fingerprint density at radius 3 is 2.55 bits per heavy atom. The summed E-state index contributed by atoms with van der Waals surface area (Å²) in [7, 11) is 1.39. The topological polar surface area (TPSA) is 73.8 Å². The van der Waals surface area contributed by atoms with Crippen molar-refractivity contribution < 1.29 is 27.6 Å². The Morgan fingerprint density at radius 1 is 1.13 bits per heavy atom. The average Bonchev–Trinajstić information content (AvgIpc) is 3.16. The van der Waals surface area contributed by atoms with Crippen LogP contribution in [0.25, 0.3) is 10.1 Å². The molecule has 0 aliphatic heterocycles. The summed E-state index contributed by atoms with van der Waals surface area (Å²) in [5.41, 5.74) is 1.56. The molecule has 11 heteroatoms. The quantitative estimate of drug-likeness (QED) is 0.222. The molecule has 206 valence electrons. The number of fused-ring (bicyclic) bond motifs is 1. The second-order valence-corrected chi connectivity index (χ2v) is 13.6. The van der Waals surface area contributed by atoms with Gasteiger partial charge in [0.25, 0.3) is 0 Å². The van der Waals surface area contributed by atoms with Gasteiger partial charge in [-0.2, -0.15) is 13.2 Å². The molecule has 0 saturated carbocycles. The van der Waals surface area contributed by atoms with Crippen molar-refractivity contribution in [2.75, 3.05) is 70.9 Å². The van der Waals surface area contributed by atoms with Gasteiger partial charge in [-0.15, -0.1) is 11.3 Å². The highest BCUT2D eigenvalue weighted by molar-refractivity contribution is 7.70. The first-order valence-corrected chi connectivity index (χ1v) is 15.5. The zero-order chi connectivity index (χ0) is 27.9. The van der Waals surface area contributed by atoms with E-state index in [1.165, 1.54) is 11.3 Å². The highest BCUT2D eigenvalue weighted by atomic mass is 32.1. The van der Waals surface area contributed by atoms with Crippen molar-refractivity contribution in [1.82, 2.24) is 4.90 Å². The molecule has 0 fully saturated rings. The maximum absolute atomic E-state index is 13.5. The first-order chi connectivity index (χ1) is 17.9. The van der Waals surface area contributed by atoms with Crippen LogP contribution in [-0.2, 0) is 11.0 Å². The minimum absolute atomic E-state index is 0.0645. The second-order valence-electron chi connectivity index (χ2n) is 9.37. The number of benzene rings is 2. The highest BCUT2D eigenvalue weighted by Crippen LogP contribution is 2.39. The van der Waals surface area contributed by atoms with E-state index in [0.29, 0.717) is 33.5 Å². The van der Waals surface area contributed by atoms with Crippen LogP contribution in [0, 0.1) is 11.8 Å². The Bertz CT molecular complexity index is 1360. The number of likely N-dealkylation sites (N-methyl/N-ethyl adjacent to an activating group) is 1. The molecule has 6 nitrogen and oxygen atoms in total. The third-order valence-electron chi connectivity index (χ3n) is 5.58. The molecule has 1 aromatic heterocycles. The molecule has 0 amide bonds. The molecule has 1 heterocycles. The van der Waals surface area contributed by atoms with Crippen molar-refractivity contribution in [1.29, 1.82) is 0 Å². The molecule has 0 spiro atoms. The monoisotopic (exact) mass is 567 g/mol. The molecule has 0 aliphatic rings. The van der Waals surface area contributed by atoms with Crippen molar-refractivity contribution in [3.63, 3.8) is 0 Å². The Labute approximate surface area is 225 Å². The van der Waals surface area contributed by atoms with Crippen LogP contribution < -0.4 is 20.7 Å². The van der Waals surface area contributed by atoms with E-state index in [-0.39, 0.29) is 25.3 Å². The molecule has 3 aromatic rings. The summed E-state index contributed by atoms with van der Waals surface area (Å²) in [6, 6.07) is 10.5. The van der Waals surface area contributed by atoms with Gasteiger partial charge in [0, 0.05) is 18.4 Å². The number of alkyl halides is 3. The fraction of sp³-hybridized carbons (Fsp3) is 0.407. The molecule has 0 radical (unpaired) electrons. The SMILES string of the molecule is CN(C)CCNc1cccc2c(CC(F)(F)F)c(C#CCNc3ccc(P(C)(C)=O)cc3OCCO)sc12. The number of hydrogen-bond donors (Lipinski definition) is 3.